The minimum Gasteiger partial charge on any atom is -0.451 e. The number of carbonyl (C=O) groups is 1. The summed E-state index contributed by atoms with van der Waals surface area (Å²) in [4.78, 5) is 27.5. The quantitative estimate of drug-likeness (QED) is 0.457. The molecule has 0 saturated heterocycles. The van der Waals surface area contributed by atoms with Crippen molar-refractivity contribution in [3.8, 4) is 5.69 Å². The fourth-order valence-corrected chi connectivity index (χ4v) is 3.97. The Labute approximate surface area is 193 Å². The van der Waals surface area contributed by atoms with E-state index < -0.39 is 5.91 Å². The Kier molecular flexibility index (Phi) is 6.47. The minimum atomic E-state index is -0.408. The van der Waals surface area contributed by atoms with E-state index in [0.717, 1.165) is 23.4 Å². The lowest BCUT2D eigenvalue weighted by molar-refractivity contribution is 0.0914. The van der Waals surface area contributed by atoms with Crippen molar-refractivity contribution in [3.05, 3.63) is 99.7 Å². The van der Waals surface area contributed by atoms with Gasteiger partial charge in [-0.05, 0) is 69.4 Å². The third kappa shape index (κ3) is 4.76. The third-order valence-corrected chi connectivity index (χ3v) is 5.94. The molecule has 0 aliphatic heterocycles. The Bertz CT molecular complexity index is 1330. The van der Waals surface area contributed by atoms with E-state index in [2.05, 4.69) is 52.0 Å². The summed E-state index contributed by atoms with van der Waals surface area (Å²) in [5.41, 5.74) is 4.57. The van der Waals surface area contributed by atoms with Gasteiger partial charge in [-0.3, -0.25) is 14.5 Å². The second-order valence-corrected chi connectivity index (χ2v) is 8.49. The van der Waals surface area contributed by atoms with Crippen LogP contribution in [0, 0.1) is 6.92 Å². The summed E-state index contributed by atoms with van der Waals surface area (Å²) < 4.78 is 7.88. The molecule has 0 bridgehead atoms. The van der Waals surface area contributed by atoms with Crippen LogP contribution in [0.25, 0.3) is 16.7 Å². The van der Waals surface area contributed by atoms with Crippen molar-refractivity contribution < 1.29 is 9.21 Å². The second-order valence-electron chi connectivity index (χ2n) is 8.49. The van der Waals surface area contributed by atoms with Crippen LogP contribution in [-0.4, -0.2) is 36.0 Å². The molecule has 1 atom stereocenters. The first kappa shape index (κ1) is 22.6. The van der Waals surface area contributed by atoms with Crippen LogP contribution in [0.15, 0.2) is 76.1 Å². The molecule has 4 aromatic rings. The van der Waals surface area contributed by atoms with Gasteiger partial charge in [-0.15, -0.1) is 0 Å². The first-order valence-electron chi connectivity index (χ1n) is 11.1. The number of carbonyl (C=O) groups excluding carboxylic acids is 1. The molecule has 170 valence electrons. The van der Waals surface area contributed by atoms with E-state index in [1.807, 2.05) is 45.4 Å². The lowest BCUT2D eigenvalue weighted by Gasteiger charge is -2.26. The Morgan fingerprint density at radius 1 is 1.09 bits per heavy atom. The molecule has 2 heterocycles. The van der Waals surface area contributed by atoms with Crippen molar-refractivity contribution in [3.63, 3.8) is 0 Å². The number of likely N-dealkylation sites (N-methyl/N-ethyl adjacent to an activating group) is 1. The van der Waals surface area contributed by atoms with Crippen LogP contribution < -0.4 is 10.7 Å². The summed E-state index contributed by atoms with van der Waals surface area (Å²) >= 11 is 0. The molecule has 1 N–H and O–H groups in total. The largest absolute Gasteiger partial charge is 0.451 e. The summed E-state index contributed by atoms with van der Waals surface area (Å²) in [6, 6.07) is 19.1. The Morgan fingerprint density at radius 2 is 1.85 bits per heavy atom. The van der Waals surface area contributed by atoms with Crippen molar-refractivity contribution in [2.45, 2.75) is 26.3 Å². The molecule has 0 saturated carbocycles. The highest BCUT2D eigenvalue weighted by Crippen LogP contribution is 2.23. The monoisotopic (exact) mass is 443 g/mol. The molecule has 0 radical (unpaired) electrons. The number of rotatable bonds is 7. The normalized spacial score (nSPS) is 12.3. The van der Waals surface area contributed by atoms with Crippen molar-refractivity contribution in [2.24, 2.45) is 0 Å². The van der Waals surface area contributed by atoms with Gasteiger partial charge in [-0.2, -0.15) is 0 Å². The number of hydrogen-bond donors (Lipinski definition) is 1. The van der Waals surface area contributed by atoms with Crippen LogP contribution in [0.1, 0.15) is 40.3 Å². The van der Waals surface area contributed by atoms with Gasteiger partial charge in [0.1, 0.15) is 5.58 Å². The van der Waals surface area contributed by atoms with E-state index in [0.29, 0.717) is 17.5 Å². The van der Waals surface area contributed by atoms with Gasteiger partial charge in [0.2, 0.25) is 0 Å². The predicted molar refractivity (Wildman–Crippen MR) is 131 cm³/mol. The molecule has 33 heavy (non-hydrogen) atoms. The number of benzene rings is 2. The molecule has 0 aliphatic carbocycles. The Hall–Kier alpha value is -3.64. The molecule has 2 aromatic heterocycles. The van der Waals surface area contributed by atoms with Crippen LogP contribution in [-0.2, 0) is 6.42 Å². The van der Waals surface area contributed by atoms with Crippen LogP contribution >= 0.6 is 0 Å². The average molecular weight is 444 g/mol. The van der Waals surface area contributed by atoms with Gasteiger partial charge in [0.05, 0.1) is 11.4 Å². The maximum absolute atomic E-state index is 12.9. The summed E-state index contributed by atoms with van der Waals surface area (Å²) in [6.45, 7) is 4.45. The molecule has 1 amide bonds. The van der Waals surface area contributed by atoms with Crippen LogP contribution in [0.4, 0.5) is 0 Å². The lowest BCUT2D eigenvalue weighted by atomic mass is 10.1. The number of hydrogen-bond acceptors (Lipinski definition) is 4. The lowest BCUT2D eigenvalue weighted by Crippen LogP contribution is -2.35. The average Bonchev–Trinajstić information content (AvgIpc) is 3.28. The van der Waals surface area contributed by atoms with Gasteiger partial charge >= 0.3 is 0 Å². The maximum atomic E-state index is 12.9. The topological polar surface area (TPSA) is 67.5 Å². The molecule has 0 unspecified atom stereocenters. The van der Waals surface area contributed by atoms with Crippen molar-refractivity contribution >= 4 is 16.9 Å². The Morgan fingerprint density at radius 3 is 2.55 bits per heavy atom. The number of aromatic nitrogens is 1. The summed E-state index contributed by atoms with van der Waals surface area (Å²) in [5.74, 6) is -0.392. The number of amides is 1. The summed E-state index contributed by atoms with van der Waals surface area (Å²) in [7, 11) is 3.95. The zero-order valence-electron chi connectivity index (χ0n) is 19.5. The smallest absolute Gasteiger partial charge is 0.287 e. The maximum Gasteiger partial charge on any atom is 0.287 e. The van der Waals surface area contributed by atoms with Crippen LogP contribution in [0.2, 0.25) is 0 Å². The Balaban J connectivity index is 1.56. The highest BCUT2D eigenvalue weighted by molar-refractivity contribution is 5.93. The predicted octanol–water partition coefficient (Wildman–Crippen LogP) is 4.49. The first-order valence-corrected chi connectivity index (χ1v) is 11.1. The van der Waals surface area contributed by atoms with Gasteiger partial charge in [0.15, 0.2) is 11.2 Å². The highest BCUT2D eigenvalue weighted by atomic mass is 16.3. The van der Waals surface area contributed by atoms with Crippen molar-refractivity contribution in [1.29, 1.82) is 0 Å². The van der Waals surface area contributed by atoms with E-state index in [-0.39, 0.29) is 17.2 Å². The first-order chi connectivity index (χ1) is 15.9. The van der Waals surface area contributed by atoms with E-state index in [1.54, 1.807) is 6.07 Å². The summed E-state index contributed by atoms with van der Waals surface area (Å²) in [6.07, 6.45) is 2.85. The summed E-state index contributed by atoms with van der Waals surface area (Å²) in [5, 5.41) is 3.44. The fourth-order valence-electron chi connectivity index (χ4n) is 3.97. The van der Waals surface area contributed by atoms with E-state index >= 15 is 0 Å². The van der Waals surface area contributed by atoms with Gasteiger partial charge in [-0.25, -0.2) is 0 Å². The number of aryl methyl sites for hydroxylation is 2. The molecule has 6 nitrogen and oxygen atoms in total. The molecular weight excluding hydrogens is 414 g/mol. The standard InChI is InChI=1S/C27H29N3O3/c1-5-19-10-13-25-21(15-19)24(31)16-26(33-25)27(32)28-17-23(29(3)4)22-7-6-14-30(22)20-11-8-18(2)9-12-20/h6-16,23H,5,17H2,1-4H3,(H,28,32)/t23-/m1/s1. The molecule has 2 aromatic carbocycles. The zero-order chi connectivity index (χ0) is 23.5. The SMILES string of the molecule is CCc1ccc2oc(C(=O)NC[C@H](c3cccn3-c3ccc(C)cc3)N(C)C)cc(=O)c2c1. The molecule has 0 aliphatic rings. The van der Waals surface area contributed by atoms with Gasteiger partial charge < -0.3 is 14.3 Å². The number of fused-ring (bicyclic) bond motifs is 1. The van der Waals surface area contributed by atoms with Gasteiger partial charge in [0, 0.05) is 30.2 Å². The molecule has 6 heteroatoms. The minimum absolute atomic E-state index is 0.0168. The van der Waals surface area contributed by atoms with E-state index in [9.17, 15) is 9.59 Å². The third-order valence-electron chi connectivity index (χ3n) is 5.94. The van der Waals surface area contributed by atoms with Crippen molar-refractivity contribution in [1.82, 2.24) is 14.8 Å². The van der Waals surface area contributed by atoms with Crippen LogP contribution in [0.5, 0.6) is 0 Å². The molecule has 0 spiro atoms. The fraction of sp³-hybridized carbons (Fsp3) is 0.259. The van der Waals surface area contributed by atoms with E-state index in [4.69, 9.17) is 4.42 Å². The van der Waals surface area contributed by atoms with E-state index in [1.165, 1.54) is 11.6 Å². The second kappa shape index (κ2) is 9.46. The van der Waals surface area contributed by atoms with Crippen molar-refractivity contribution in [2.75, 3.05) is 20.6 Å². The number of nitrogens with zero attached hydrogens (tertiary/aromatic N) is 2. The van der Waals surface area contributed by atoms with Gasteiger partial charge in [-0.1, -0.05) is 30.7 Å². The highest BCUT2D eigenvalue weighted by Gasteiger charge is 2.21. The molecule has 0 fully saturated rings. The number of nitrogens with one attached hydrogen (secondary N) is 1. The molecular formula is C27H29N3O3. The molecule has 4 rings (SSSR count). The van der Waals surface area contributed by atoms with Crippen LogP contribution in [0.3, 0.4) is 0 Å². The van der Waals surface area contributed by atoms with Gasteiger partial charge in [0.25, 0.3) is 5.91 Å². The zero-order valence-corrected chi connectivity index (χ0v) is 19.5.